The Kier molecular flexibility index (Phi) is 3.33. The highest BCUT2D eigenvalue weighted by Gasteiger charge is 2.20. The molecule has 0 aliphatic heterocycles. The lowest BCUT2D eigenvalue weighted by atomic mass is 10.1. The van der Waals surface area contributed by atoms with E-state index in [1.807, 2.05) is 72.8 Å². The summed E-state index contributed by atoms with van der Waals surface area (Å²) in [5, 5.41) is 2.96. The lowest BCUT2D eigenvalue weighted by Crippen LogP contribution is -2.07. The number of benzene rings is 3. The van der Waals surface area contributed by atoms with E-state index < -0.39 is 7.37 Å². The summed E-state index contributed by atoms with van der Waals surface area (Å²) in [6, 6.07) is 23.1. The molecule has 0 bridgehead atoms. The van der Waals surface area contributed by atoms with Crippen LogP contribution in [-0.2, 0) is 4.57 Å². The molecule has 3 aromatic carbocycles. The predicted octanol–water partition coefficient (Wildman–Crippen LogP) is 4.45. The minimum absolute atomic E-state index is 0.637. The lowest BCUT2D eigenvalue weighted by molar-refractivity contribution is 0.499. The summed E-state index contributed by atoms with van der Waals surface area (Å²) in [7, 11) is -2.84. The van der Waals surface area contributed by atoms with Crippen LogP contribution in [-0.4, -0.2) is 6.66 Å². The van der Waals surface area contributed by atoms with Crippen LogP contribution >= 0.6 is 7.37 Å². The van der Waals surface area contributed by atoms with E-state index in [4.69, 9.17) is 4.52 Å². The van der Waals surface area contributed by atoms with Crippen LogP contribution in [0.25, 0.3) is 10.8 Å². The first-order valence-electron chi connectivity index (χ1n) is 6.47. The third kappa shape index (κ3) is 2.61. The molecular formula is C17H15O2P. The zero-order valence-electron chi connectivity index (χ0n) is 11.2. The van der Waals surface area contributed by atoms with Crippen LogP contribution in [0, 0.1) is 0 Å². The lowest BCUT2D eigenvalue weighted by Gasteiger charge is -2.15. The van der Waals surface area contributed by atoms with Gasteiger partial charge in [0.2, 0.25) is 0 Å². The van der Waals surface area contributed by atoms with Crippen LogP contribution in [0.15, 0.2) is 72.8 Å². The smallest absolute Gasteiger partial charge is 0.274 e. The van der Waals surface area contributed by atoms with Gasteiger partial charge in [-0.2, -0.15) is 0 Å². The second-order valence-corrected chi connectivity index (χ2v) is 7.17. The van der Waals surface area contributed by atoms with Crippen molar-refractivity contribution in [3.8, 4) is 5.75 Å². The van der Waals surface area contributed by atoms with E-state index in [0.29, 0.717) is 5.75 Å². The summed E-state index contributed by atoms with van der Waals surface area (Å²) in [6.07, 6.45) is 0. The van der Waals surface area contributed by atoms with Gasteiger partial charge >= 0.3 is 0 Å². The van der Waals surface area contributed by atoms with Crippen molar-refractivity contribution >= 4 is 23.4 Å². The number of hydrogen-bond acceptors (Lipinski definition) is 2. The van der Waals surface area contributed by atoms with Crippen LogP contribution in [0.1, 0.15) is 0 Å². The molecule has 0 fully saturated rings. The zero-order chi connectivity index (χ0) is 14.0. The van der Waals surface area contributed by atoms with Gasteiger partial charge < -0.3 is 4.52 Å². The Balaban J connectivity index is 1.95. The van der Waals surface area contributed by atoms with Gasteiger partial charge in [-0.05, 0) is 35.0 Å². The SMILES string of the molecule is CP(=O)(Oc1ccc2ccccc2c1)c1ccccc1. The highest BCUT2D eigenvalue weighted by atomic mass is 31.2. The quantitative estimate of drug-likeness (QED) is 0.663. The molecule has 2 nitrogen and oxygen atoms in total. The highest BCUT2D eigenvalue weighted by molar-refractivity contribution is 7.66. The molecule has 0 heterocycles. The van der Waals surface area contributed by atoms with Crippen molar-refractivity contribution in [3.05, 3.63) is 72.8 Å². The molecule has 0 spiro atoms. The van der Waals surface area contributed by atoms with Crippen molar-refractivity contribution in [2.75, 3.05) is 6.66 Å². The zero-order valence-corrected chi connectivity index (χ0v) is 12.1. The fourth-order valence-electron chi connectivity index (χ4n) is 2.18. The normalized spacial score (nSPS) is 13.8. The van der Waals surface area contributed by atoms with Crippen molar-refractivity contribution in [2.24, 2.45) is 0 Å². The van der Waals surface area contributed by atoms with Crippen molar-refractivity contribution in [3.63, 3.8) is 0 Å². The Hall–Kier alpha value is -2.05. The van der Waals surface area contributed by atoms with Gasteiger partial charge in [0.25, 0.3) is 7.37 Å². The van der Waals surface area contributed by atoms with E-state index in [9.17, 15) is 4.57 Å². The first-order valence-corrected chi connectivity index (χ1v) is 8.54. The van der Waals surface area contributed by atoms with Crippen LogP contribution in [0.4, 0.5) is 0 Å². The molecule has 0 aromatic heterocycles. The molecule has 0 amide bonds. The standard InChI is InChI=1S/C17H15O2P/c1-20(18,17-9-3-2-4-10-17)19-16-12-11-14-7-5-6-8-15(14)13-16/h2-13H,1H3. The van der Waals surface area contributed by atoms with Crippen molar-refractivity contribution in [1.29, 1.82) is 0 Å². The molecule has 3 aromatic rings. The second-order valence-electron chi connectivity index (χ2n) is 4.78. The summed E-state index contributed by atoms with van der Waals surface area (Å²) < 4.78 is 18.5. The molecule has 0 aliphatic carbocycles. The van der Waals surface area contributed by atoms with Gasteiger partial charge in [0.05, 0.1) is 0 Å². The summed E-state index contributed by atoms with van der Waals surface area (Å²) in [5.41, 5.74) is 0. The molecule has 20 heavy (non-hydrogen) atoms. The number of fused-ring (bicyclic) bond motifs is 1. The van der Waals surface area contributed by atoms with Crippen LogP contribution in [0.5, 0.6) is 5.75 Å². The second kappa shape index (κ2) is 5.15. The van der Waals surface area contributed by atoms with Gasteiger partial charge in [0.15, 0.2) is 0 Å². The first-order chi connectivity index (χ1) is 9.65. The van der Waals surface area contributed by atoms with Crippen LogP contribution in [0.3, 0.4) is 0 Å². The van der Waals surface area contributed by atoms with E-state index in [1.165, 1.54) is 0 Å². The number of rotatable bonds is 3. The molecule has 0 saturated carbocycles. The Morgan fingerprint density at radius 2 is 1.45 bits per heavy atom. The monoisotopic (exact) mass is 282 g/mol. The first kappa shape index (κ1) is 13.0. The highest BCUT2D eigenvalue weighted by Crippen LogP contribution is 2.42. The molecule has 3 rings (SSSR count). The van der Waals surface area contributed by atoms with Gasteiger partial charge in [-0.15, -0.1) is 0 Å². The summed E-state index contributed by atoms with van der Waals surface area (Å²) in [4.78, 5) is 0. The van der Waals surface area contributed by atoms with Gasteiger partial charge in [-0.3, -0.25) is 4.57 Å². The number of hydrogen-bond donors (Lipinski definition) is 0. The van der Waals surface area contributed by atoms with Gasteiger partial charge in [0.1, 0.15) is 5.75 Å². The van der Waals surface area contributed by atoms with Gasteiger partial charge in [-0.1, -0.05) is 48.5 Å². The molecule has 1 atom stereocenters. The van der Waals surface area contributed by atoms with Crippen LogP contribution in [0.2, 0.25) is 0 Å². The van der Waals surface area contributed by atoms with Gasteiger partial charge in [0, 0.05) is 12.0 Å². The summed E-state index contributed by atoms with van der Waals surface area (Å²) >= 11 is 0. The maximum Gasteiger partial charge on any atom is 0.274 e. The molecule has 0 saturated heterocycles. The van der Waals surface area contributed by atoms with E-state index in [1.54, 1.807) is 6.66 Å². The topological polar surface area (TPSA) is 26.3 Å². The van der Waals surface area contributed by atoms with E-state index in [-0.39, 0.29) is 0 Å². The van der Waals surface area contributed by atoms with Gasteiger partial charge in [-0.25, -0.2) is 0 Å². The van der Waals surface area contributed by atoms with E-state index >= 15 is 0 Å². The third-order valence-corrected chi connectivity index (χ3v) is 5.02. The van der Waals surface area contributed by atoms with Crippen molar-refractivity contribution in [2.45, 2.75) is 0 Å². The fraction of sp³-hybridized carbons (Fsp3) is 0.0588. The largest absolute Gasteiger partial charge is 0.440 e. The maximum atomic E-state index is 12.7. The van der Waals surface area contributed by atoms with Crippen molar-refractivity contribution < 1.29 is 9.09 Å². The minimum atomic E-state index is -2.84. The summed E-state index contributed by atoms with van der Waals surface area (Å²) in [6.45, 7) is 1.65. The maximum absolute atomic E-state index is 12.7. The molecule has 0 radical (unpaired) electrons. The van der Waals surface area contributed by atoms with E-state index in [2.05, 4.69) is 0 Å². The fourth-order valence-corrected chi connectivity index (χ4v) is 3.51. The Labute approximate surface area is 118 Å². The Bertz CT molecular complexity index is 781. The average Bonchev–Trinajstić information content (AvgIpc) is 2.48. The van der Waals surface area contributed by atoms with Crippen LogP contribution < -0.4 is 9.83 Å². The summed E-state index contributed by atoms with van der Waals surface area (Å²) in [5.74, 6) is 0.637. The molecular weight excluding hydrogens is 267 g/mol. The molecule has 1 unspecified atom stereocenters. The van der Waals surface area contributed by atoms with E-state index in [0.717, 1.165) is 16.1 Å². The van der Waals surface area contributed by atoms with Crippen molar-refractivity contribution in [1.82, 2.24) is 0 Å². The molecule has 3 heteroatoms. The molecule has 100 valence electrons. The Morgan fingerprint density at radius 3 is 2.20 bits per heavy atom. The Morgan fingerprint density at radius 1 is 0.800 bits per heavy atom. The average molecular weight is 282 g/mol. The molecule has 0 N–H and O–H groups in total. The third-order valence-electron chi connectivity index (χ3n) is 3.23. The molecule has 0 aliphatic rings. The predicted molar refractivity (Wildman–Crippen MR) is 84.2 cm³/mol. The minimum Gasteiger partial charge on any atom is -0.440 e.